The van der Waals surface area contributed by atoms with E-state index < -0.39 is 0 Å². The predicted octanol–water partition coefficient (Wildman–Crippen LogP) is 2.24. The van der Waals surface area contributed by atoms with Crippen molar-refractivity contribution in [2.45, 2.75) is 33.6 Å². The van der Waals surface area contributed by atoms with Gasteiger partial charge in [-0.3, -0.25) is 4.99 Å². The van der Waals surface area contributed by atoms with Gasteiger partial charge >= 0.3 is 0 Å². The van der Waals surface area contributed by atoms with Gasteiger partial charge in [-0.1, -0.05) is 0 Å². The highest BCUT2D eigenvalue weighted by atomic mass is 32.1. The maximum absolute atomic E-state index is 5.28. The van der Waals surface area contributed by atoms with Gasteiger partial charge in [-0.05, 0) is 27.2 Å². The van der Waals surface area contributed by atoms with Crippen molar-refractivity contribution >= 4 is 17.3 Å². The van der Waals surface area contributed by atoms with Crippen LogP contribution in [-0.2, 0) is 11.2 Å². The number of likely N-dealkylation sites (tertiary alicyclic amines) is 1. The molecule has 1 saturated heterocycles. The highest BCUT2D eigenvalue weighted by Gasteiger charge is 2.24. The van der Waals surface area contributed by atoms with E-state index in [0.29, 0.717) is 5.92 Å². The third-order valence-corrected chi connectivity index (χ3v) is 5.06. The number of aliphatic imine (C=N–C) groups is 1. The summed E-state index contributed by atoms with van der Waals surface area (Å²) in [5.74, 6) is 1.67. The van der Waals surface area contributed by atoms with Crippen LogP contribution in [0.3, 0.4) is 0 Å². The van der Waals surface area contributed by atoms with E-state index in [-0.39, 0.29) is 0 Å². The molecule has 0 bridgehead atoms. The van der Waals surface area contributed by atoms with Gasteiger partial charge in [0.05, 0.1) is 17.3 Å². The number of methoxy groups -OCH3 is 1. The van der Waals surface area contributed by atoms with E-state index in [0.717, 1.165) is 55.9 Å². The van der Waals surface area contributed by atoms with Crippen molar-refractivity contribution in [2.75, 3.05) is 39.9 Å². The number of aromatic nitrogens is 1. The summed E-state index contributed by atoms with van der Waals surface area (Å²) in [5, 5.41) is 4.56. The molecule has 1 N–H and O–H groups in total. The highest BCUT2D eigenvalue weighted by Crippen LogP contribution is 2.18. The zero-order valence-corrected chi connectivity index (χ0v) is 15.0. The van der Waals surface area contributed by atoms with Gasteiger partial charge in [-0.25, -0.2) is 4.98 Å². The number of hydrogen-bond acceptors (Lipinski definition) is 4. The second-order valence-electron chi connectivity index (χ2n) is 5.78. The molecule has 5 nitrogen and oxygen atoms in total. The maximum atomic E-state index is 5.28. The van der Waals surface area contributed by atoms with E-state index in [2.05, 4.69) is 36.0 Å². The van der Waals surface area contributed by atoms with E-state index in [1.807, 2.05) is 0 Å². The van der Waals surface area contributed by atoms with Crippen molar-refractivity contribution in [1.29, 1.82) is 0 Å². The Labute approximate surface area is 137 Å². The first-order chi connectivity index (χ1) is 10.6. The molecule has 22 heavy (non-hydrogen) atoms. The molecule has 0 saturated carbocycles. The molecule has 1 aliphatic rings. The summed E-state index contributed by atoms with van der Waals surface area (Å²) in [6.07, 6.45) is 2.16. The van der Waals surface area contributed by atoms with Gasteiger partial charge in [0.25, 0.3) is 0 Å². The minimum atomic E-state index is 0.625. The summed E-state index contributed by atoms with van der Waals surface area (Å²) in [7, 11) is 1.78. The smallest absolute Gasteiger partial charge is 0.193 e. The number of nitrogens with one attached hydrogen (secondary N) is 1. The predicted molar refractivity (Wildman–Crippen MR) is 92.8 cm³/mol. The van der Waals surface area contributed by atoms with Crippen LogP contribution in [0.5, 0.6) is 0 Å². The Morgan fingerprint density at radius 3 is 2.95 bits per heavy atom. The molecule has 2 rings (SSSR count). The lowest BCUT2D eigenvalue weighted by Crippen LogP contribution is -2.40. The Bertz CT molecular complexity index is 500. The van der Waals surface area contributed by atoms with Crippen LogP contribution < -0.4 is 5.32 Å². The molecule has 1 atom stereocenters. The van der Waals surface area contributed by atoms with Gasteiger partial charge in [0.15, 0.2) is 5.96 Å². The van der Waals surface area contributed by atoms with Gasteiger partial charge in [0.1, 0.15) is 0 Å². The quantitative estimate of drug-likeness (QED) is 0.644. The SMILES string of the molecule is CCNC(=NCCc1sc(C)nc1C)N1CCC(COC)C1. The number of aryl methyl sites for hydroxylation is 2. The number of nitrogens with zero attached hydrogens (tertiary/aromatic N) is 3. The average Bonchev–Trinajstić information content (AvgIpc) is 3.05. The fourth-order valence-corrected chi connectivity index (χ4v) is 3.82. The van der Waals surface area contributed by atoms with Crippen LogP contribution in [0.25, 0.3) is 0 Å². The molecule has 6 heteroatoms. The van der Waals surface area contributed by atoms with E-state index in [1.54, 1.807) is 18.4 Å². The second-order valence-corrected chi connectivity index (χ2v) is 7.07. The van der Waals surface area contributed by atoms with Crippen molar-refractivity contribution in [3.8, 4) is 0 Å². The van der Waals surface area contributed by atoms with Crippen molar-refractivity contribution < 1.29 is 4.74 Å². The molecule has 0 amide bonds. The monoisotopic (exact) mass is 324 g/mol. The van der Waals surface area contributed by atoms with Crippen LogP contribution in [-0.4, -0.2) is 55.7 Å². The molecule has 0 aliphatic carbocycles. The molecular formula is C16H28N4OS. The molecule has 0 aromatic carbocycles. The number of ether oxygens (including phenoxy) is 1. The Morgan fingerprint density at radius 2 is 2.32 bits per heavy atom. The average molecular weight is 324 g/mol. The summed E-state index contributed by atoms with van der Waals surface area (Å²) in [6, 6.07) is 0. The first kappa shape index (κ1) is 17.2. The van der Waals surface area contributed by atoms with Crippen LogP contribution in [0.4, 0.5) is 0 Å². The number of guanidine groups is 1. The Hall–Kier alpha value is -1.14. The lowest BCUT2D eigenvalue weighted by Gasteiger charge is -2.21. The molecule has 124 valence electrons. The zero-order chi connectivity index (χ0) is 15.9. The van der Waals surface area contributed by atoms with E-state index in [4.69, 9.17) is 9.73 Å². The van der Waals surface area contributed by atoms with Crippen molar-refractivity contribution in [3.63, 3.8) is 0 Å². The van der Waals surface area contributed by atoms with Gasteiger partial charge in [0.2, 0.25) is 0 Å². The topological polar surface area (TPSA) is 49.8 Å². The van der Waals surface area contributed by atoms with Crippen molar-refractivity contribution in [1.82, 2.24) is 15.2 Å². The van der Waals surface area contributed by atoms with E-state index in [9.17, 15) is 0 Å². The molecule has 0 radical (unpaired) electrons. The van der Waals surface area contributed by atoms with Gasteiger partial charge in [0, 0.05) is 50.5 Å². The Kier molecular flexibility index (Phi) is 6.64. The highest BCUT2D eigenvalue weighted by molar-refractivity contribution is 7.11. The van der Waals surface area contributed by atoms with Crippen LogP contribution >= 0.6 is 11.3 Å². The Balaban J connectivity index is 1.91. The fraction of sp³-hybridized carbons (Fsp3) is 0.750. The first-order valence-electron chi connectivity index (χ1n) is 8.09. The number of rotatable bonds is 6. The van der Waals surface area contributed by atoms with Gasteiger partial charge in [-0.15, -0.1) is 11.3 Å². The standard InChI is InChI=1S/C16H28N4OS/c1-5-17-16(20-9-7-14(10-20)11-21-4)18-8-6-15-12(2)19-13(3)22-15/h14H,5-11H2,1-4H3,(H,17,18). The third-order valence-electron chi connectivity index (χ3n) is 3.92. The Morgan fingerprint density at radius 1 is 1.50 bits per heavy atom. The summed E-state index contributed by atoms with van der Waals surface area (Å²) < 4.78 is 5.28. The van der Waals surface area contributed by atoms with Gasteiger partial charge < -0.3 is 15.0 Å². The zero-order valence-electron chi connectivity index (χ0n) is 14.2. The minimum Gasteiger partial charge on any atom is -0.384 e. The lowest BCUT2D eigenvalue weighted by molar-refractivity contribution is 0.157. The normalized spacial score (nSPS) is 19.0. The number of hydrogen-bond donors (Lipinski definition) is 1. The molecule has 0 spiro atoms. The van der Waals surface area contributed by atoms with Crippen LogP contribution in [0.15, 0.2) is 4.99 Å². The van der Waals surface area contributed by atoms with Crippen molar-refractivity contribution in [2.24, 2.45) is 10.9 Å². The molecule has 1 aromatic heterocycles. The largest absolute Gasteiger partial charge is 0.384 e. The van der Waals surface area contributed by atoms with Crippen LogP contribution in [0.1, 0.15) is 28.9 Å². The van der Waals surface area contributed by atoms with Crippen molar-refractivity contribution in [3.05, 3.63) is 15.6 Å². The summed E-state index contributed by atoms with van der Waals surface area (Å²) >= 11 is 1.79. The van der Waals surface area contributed by atoms with Gasteiger partial charge in [-0.2, -0.15) is 0 Å². The molecule has 1 aliphatic heterocycles. The van der Waals surface area contributed by atoms with E-state index in [1.165, 1.54) is 11.3 Å². The van der Waals surface area contributed by atoms with Crippen LogP contribution in [0.2, 0.25) is 0 Å². The summed E-state index contributed by atoms with van der Waals surface area (Å²) in [5.41, 5.74) is 1.16. The van der Waals surface area contributed by atoms with E-state index >= 15 is 0 Å². The second kappa shape index (κ2) is 8.48. The lowest BCUT2D eigenvalue weighted by atomic mass is 10.1. The molecule has 1 fully saturated rings. The van der Waals surface area contributed by atoms with Crippen LogP contribution in [0, 0.1) is 19.8 Å². The summed E-state index contributed by atoms with van der Waals surface area (Å²) in [4.78, 5) is 13.0. The molecule has 1 unspecified atom stereocenters. The summed E-state index contributed by atoms with van der Waals surface area (Å²) in [6.45, 7) is 10.9. The molecular weight excluding hydrogens is 296 g/mol. The maximum Gasteiger partial charge on any atom is 0.193 e. The molecule has 2 heterocycles. The fourth-order valence-electron chi connectivity index (χ4n) is 2.89. The number of thiazole rings is 1. The first-order valence-corrected chi connectivity index (χ1v) is 8.90. The third kappa shape index (κ3) is 4.68. The minimum absolute atomic E-state index is 0.625. The molecule has 1 aromatic rings.